The minimum Gasteiger partial charge on any atom is -0.317 e. The van der Waals surface area contributed by atoms with Crippen molar-refractivity contribution >= 4 is 0 Å². The van der Waals surface area contributed by atoms with Gasteiger partial charge in [-0.1, -0.05) is 32.6 Å². The minimum absolute atomic E-state index is 0.434. The molecule has 1 aliphatic carbocycles. The monoisotopic (exact) mass is 252 g/mol. The average molecular weight is 252 g/mol. The zero-order chi connectivity index (χ0) is 12.9. The van der Waals surface area contributed by atoms with Crippen molar-refractivity contribution in [2.75, 3.05) is 19.6 Å². The lowest BCUT2D eigenvalue weighted by Gasteiger charge is -2.43. The van der Waals surface area contributed by atoms with Gasteiger partial charge in [0.15, 0.2) is 0 Å². The highest BCUT2D eigenvalue weighted by Crippen LogP contribution is 2.35. The molecule has 0 amide bonds. The molecule has 2 fully saturated rings. The molecule has 2 nitrogen and oxygen atoms in total. The number of rotatable bonds is 5. The molecule has 0 aromatic carbocycles. The van der Waals surface area contributed by atoms with E-state index in [2.05, 4.69) is 24.5 Å². The maximum Gasteiger partial charge on any atom is 0.0153 e. The predicted octanol–water partition coefficient (Wildman–Crippen LogP) is 3.47. The van der Waals surface area contributed by atoms with Crippen LogP contribution in [0.2, 0.25) is 0 Å². The Morgan fingerprint density at radius 3 is 2.28 bits per heavy atom. The van der Waals surface area contributed by atoms with Gasteiger partial charge in [0, 0.05) is 12.1 Å². The molecular formula is C16H32N2. The van der Waals surface area contributed by atoms with Crippen LogP contribution in [0.15, 0.2) is 0 Å². The molecule has 1 saturated heterocycles. The van der Waals surface area contributed by atoms with Crippen LogP contribution >= 0.6 is 0 Å². The molecular weight excluding hydrogens is 220 g/mol. The first-order chi connectivity index (χ1) is 8.68. The summed E-state index contributed by atoms with van der Waals surface area (Å²) in [6.07, 6.45) is 12.5. The molecule has 18 heavy (non-hydrogen) atoms. The van der Waals surface area contributed by atoms with Gasteiger partial charge in [-0.2, -0.15) is 0 Å². The van der Waals surface area contributed by atoms with Gasteiger partial charge in [0.2, 0.25) is 0 Å². The van der Waals surface area contributed by atoms with E-state index in [4.69, 9.17) is 0 Å². The van der Waals surface area contributed by atoms with Crippen LogP contribution in [-0.2, 0) is 0 Å². The molecule has 0 atom stereocenters. The summed E-state index contributed by atoms with van der Waals surface area (Å²) in [6, 6.07) is 0. The summed E-state index contributed by atoms with van der Waals surface area (Å²) in [5.41, 5.74) is 1.02. The summed E-state index contributed by atoms with van der Waals surface area (Å²) in [5.74, 6) is 0. The largest absolute Gasteiger partial charge is 0.317 e. The van der Waals surface area contributed by atoms with Crippen LogP contribution in [0.3, 0.4) is 0 Å². The van der Waals surface area contributed by atoms with Gasteiger partial charge in [0.05, 0.1) is 0 Å². The molecule has 2 heteroatoms. The van der Waals surface area contributed by atoms with Crippen LogP contribution in [0.1, 0.15) is 71.6 Å². The predicted molar refractivity (Wildman–Crippen MR) is 78.9 cm³/mol. The Hall–Kier alpha value is -0.0800. The minimum atomic E-state index is 0.434. The fraction of sp³-hybridized carbons (Fsp3) is 1.00. The molecule has 0 unspecified atom stereocenters. The van der Waals surface area contributed by atoms with Gasteiger partial charge >= 0.3 is 0 Å². The molecule has 2 rings (SSSR count). The molecule has 106 valence electrons. The summed E-state index contributed by atoms with van der Waals surface area (Å²) >= 11 is 0. The third-order valence-electron chi connectivity index (χ3n) is 5.29. The summed E-state index contributed by atoms with van der Waals surface area (Å²) in [4.78, 5) is 0. The van der Waals surface area contributed by atoms with E-state index in [1.54, 1.807) is 0 Å². The molecule has 1 aliphatic heterocycles. The molecule has 1 saturated carbocycles. The lowest BCUT2D eigenvalue weighted by Crippen LogP contribution is -2.51. The Bertz CT molecular complexity index is 232. The zero-order valence-corrected chi connectivity index (χ0v) is 12.5. The maximum absolute atomic E-state index is 3.97. The summed E-state index contributed by atoms with van der Waals surface area (Å²) < 4.78 is 0. The Morgan fingerprint density at radius 2 is 1.67 bits per heavy atom. The Balaban J connectivity index is 1.88. The second kappa shape index (κ2) is 6.38. The van der Waals surface area contributed by atoms with Crippen molar-refractivity contribution in [2.24, 2.45) is 5.41 Å². The lowest BCUT2D eigenvalue weighted by atomic mass is 9.74. The molecule has 1 heterocycles. The van der Waals surface area contributed by atoms with Crippen molar-refractivity contribution in [1.82, 2.24) is 10.6 Å². The van der Waals surface area contributed by atoms with Crippen molar-refractivity contribution in [2.45, 2.75) is 77.2 Å². The zero-order valence-electron chi connectivity index (χ0n) is 12.5. The van der Waals surface area contributed by atoms with Gasteiger partial charge in [0.25, 0.3) is 0 Å². The molecule has 0 spiro atoms. The van der Waals surface area contributed by atoms with E-state index in [9.17, 15) is 0 Å². The SMILES string of the molecule is CCCC1(CNC2(C)CCCCC2)CCNCC1. The maximum atomic E-state index is 3.97. The van der Waals surface area contributed by atoms with Crippen molar-refractivity contribution < 1.29 is 0 Å². The van der Waals surface area contributed by atoms with E-state index in [-0.39, 0.29) is 0 Å². The summed E-state index contributed by atoms with van der Waals surface area (Å²) in [7, 11) is 0. The van der Waals surface area contributed by atoms with Gasteiger partial charge in [-0.15, -0.1) is 0 Å². The van der Waals surface area contributed by atoms with Crippen LogP contribution in [0.4, 0.5) is 0 Å². The first-order valence-corrected chi connectivity index (χ1v) is 8.14. The number of hydrogen-bond donors (Lipinski definition) is 2. The molecule has 0 radical (unpaired) electrons. The molecule has 0 aromatic heterocycles. The van der Waals surface area contributed by atoms with E-state index in [0.29, 0.717) is 11.0 Å². The van der Waals surface area contributed by atoms with Crippen LogP contribution in [0, 0.1) is 5.41 Å². The Morgan fingerprint density at radius 1 is 1.00 bits per heavy atom. The smallest absolute Gasteiger partial charge is 0.0153 e. The van der Waals surface area contributed by atoms with Crippen LogP contribution in [-0.4, -0.2) is 25.2 Å². The fourth-order valence-electron chi connectivity index (χ4n) is 3.91. The quantitative estimate of drug-likeness (QED) is 0.783. The van der Waals surface area contributed by atoms with Crippen LogP contribution in [0.5, 0.6) is 0 Å². The van der Waals surface area contributed by atoms with Crippen molar-refractivity contribution in [3.05, 3.63) is 0 Å². The second-order valence-corrected chi connectivity index (χ2v) is 6.97. The Labute approximate surface area is 113 Å². The molecule has 2 N–H and O–H groups in total. The van der Waals surface area contributed by atoms with E-state index >= 15 is 0 Å². The summed E-state index contributed by atoms with van der Waals surface area (Å²) in [5, 5.41) is 7.48. The number of piperidine rings is 1. The van der Waals surface area contributed by atoms with E-state index < -0.39 is 0 Å². The van der Waals surface area contributed by atoms with E-state index in [1.807, 2.05) is 0 Å². The number of nitrogens with one attached hydrogen (secondary N) is 2. The fourth-order valence-corrected chi connectivity index (χ4v) is 3.91. The second-order valence-electron chi connectivity index (χ2n) is 6.97. The Kier molecular flexibility index (Phi) is 5.08. The first-order valence-electron chi connectivity index (χ1n) is 8.14. The van der Waals surface area contributed by atoms with Gasteiger partial charge < -0.3 is 10.6 Å². The first kappa shape index (κ1) is 14.3. The van der Waals surface area contributed by atoms with Crippen molar-refractivity contribution in [3.63, 3.8) is 0 Å². The van der Waals surface area contributed by atoms with Crippen molar-refractivity contribution in [3.8, 4) is 0 Å². The molecule has 0 aromatic rings. The normalized spacial score (nSPS) is 27.0. The molecule has 2 aliphatic rings. The molecule has 0 bridgehead atoms. The van der Waals surface area contributed by atoms with Gasteiger partial charge in [-0.3, -0.25) is 0 Å². The number of hydrogen-bond acceptors (Lipinski definition) is 2. The highest BCUT2D eigenvalue weighted by molar-refractivity contribution is 4.92. The van der Waals surface area contributed by atoms with Gasteiger partial charge in [-0.05, 0) is 57.5 Å². The van der Waals surface area contributed by atoms with Crippen LogP contribution < -0.4 is 10.6 Å². The summed E-state index contributed by atoms with van der Waals surface area (Å²) in [6.45, 7) is 8.48. The van der Waals surface area contributed by atoms with Gasteiger partial charge in [0.1, 0.15) is 0 Å². The van der Waals surface area contributed by atoms with E-state index in [0.717, 1.165) is 0 Å². The third-order valence-corrected chi connectivity index (χ3v) is 5.29. The van der Waals surface area contributed by atoms with Gasteiger partial charge in [-0.25, -0.2) is 0 Å². The standard InChI is InChI=1S/C16H32N2/c1-3-7-16(10-12-17-13-11-16)14-18-15(2)8-5-4-6-9-15/h17-18H,3-14H2,1-2H3. The topological polar surface area (TPSA) is 24.1 Å². The average Bonchev–Trinajstić information content (AvgIpc) is 2.39. The highest BCUT2D eigenvalue weighted by Gasteiger charge is 2.34. The lowest BCUT2D eigenvalue weighted by molar-refractivity contribution is 0.141. The third kappa shape index (κ3) is 3.71. The van der Waals surface area contributed by atoms with E-state index in [1.165, 1.54) is 77.4 Å². The highest BCUT2D eigenvalue weighted by atomic mass is 15.0. The van der Waals surface area contributed by atoms with Crippen molar-refractivity contribution in [1.29, 1.82) is 0 Å². The van der Waals surface area contributed by atoms with Crippen LogP contribution in [0.25, 0.3) is 0 Å².